The Hall–Kier alpha value is -2.27. The first-order valence-corrected chi connectivity index (χ1v) is 12.7. The largest absolute Gasteiger partial charge is 0.480 e. The predicted molar refractivity (Wildman–Crippen MR) is 107 cm³/mol. The predicted octanol–water partition coefficient (Wildman–Crippen LogP) is 2.13. The Morgan fingerprint density at radius 2 is 2.00 bits per heavy atom. The molecule has 0 aliphatic heterocycles. The standard InChI is InChI=1S/C17H32N4O6Si/c1-17(2,3)27-16(24)20-13(15(22)23)10-26-14-12(18)9-19-21(14)11-25-7-8-28(4,5)6/h9,13H,7-8,10-11,18H2,1-6H3,(H,20,24)(H,22,23). The second kappa shape index (κ2) is 9.78. The van der Waals surface area contributed by atoms with Crippen LogP contribution in [0.3, 0.4) is 0 Å². The van der Waals surface area contributed by atoms with E-state index in [0.29, 0.717) is 6.61 Å². The van der Waals surface area contributed by atoms with E-state index in [1.165, 1.54) is 10.9 Å². The van der Waals surface area contributed by atoms with Gasteiger partial charge in [0.05, 0.1) is 6.20 Å². The molecule has 0 aliphatic carbocycles. The topological polar surface area (TPSA) is 138 Å². The van der Waals surface area contributed by atoms with E-state index >= 15 is 0 Å². The SMILES string of the molecule is CC(C)(C)OC(=O)NC(COc1c(N)cnn1COCC[Si](C)(C)C)C(=O)O. The van der Waals surface area contributed by atoms with Crippen molar-refractivity contribution in [3.8, 4) is 5.88 Å². The normalized spacial score (nSPS) is 13.1. The molecule has 0 bridgehead atoms. The molecule has 0 spiro atoms. The molecule has 0 aromatic carbocycles. The minimum Gasteiger partial charge on any atom is -0.480 e. The lowest BCUT2D eigenvalue weighted by Crippen LogP contribution is -2.46. The van der Waals surface area contributed by atoms with Crippen molar-refractivity contribution in [1.29, 1.82) is 0 Å². The van der Waals surface area contributed by atoms with Gasteiger partial charge in [-0.25, -0.2) is 14.3 Å². The molecule has 1 atom stereocenters. The average Bonchev–Trinajstić information content (AvgIpc) is 2.85. The number of nitrogens with one attached hydrogen (secondary N) is 1. The van der Waals surface area contributed by atoms with Crippen molar-refractivity contribution in [3.05, 3.63) is 6.20 Å². The molecule has 28 heavy (non-hydrogen) atoms. The zero-order valence-electron chi connectivity index (χ0n) is 17.4. The number of aromatic nitrogens is 2. The van der Waals surface area contributed by atoms with Gasteiger partial charge in [-0.1, -0.05) is 19.6 Å². The van der Waals surface area contributed by atoms with Crippen LogP contribution in [0.25, 0.3) is 0 Å². The van der Waals surface area contributed by atoms with Crippen molar-refractivity contribution in [3.63, 3.8) is 0 Å². The third-order valence-corrected chi connectivity index (χ3v) is 5.11. The first-order chi connectivity index (χ1) is 12.8. The minimum absolute atomic E-state index is 0.133. The summed E-state index contributed by atoms with van der Waals surface area (Å²) in [5.41, 5.74) is 5.35. The van der Waals surface area contributed by atoms with Crippen LogP contribution < -0.4 is 15.8 Å². The number of carbonyl (C=O) groups is 2. The van der Waals surface area contributed by atoms with Crippen LogP contribution in [0.2, 0.25) is 25.7 Å². The van der Waals surface area contributed by atoms with Crippen molar-refractivity contribution >= 4 is 25.8 Å². The first-order valence-electron chi connectivity index (χ1n) is 9.02. The molecule has 1 amide bonds. The van der Waals surface area contributed by atoms with E-state index in [1.807, 2.05) is 0 Å². The van der Waals surface area contributed by atoms with Crippen molar-refractivity contribution in [2.45, 2.75) is 64.8 Å². The number of amides is 1. The fourth-order valence-electron chi connectivity index (χ4n) is 1.95. The molecule has 11 heteroatoms. The summed E-state index contributed by atoms with van der Waals surface area (Å²) in [5, 5.41) is 15.6. The van der Waals surface area contributed by atoms with Crippen molar-refractivity contribution < 1.29 is 28.9 Å². The van der Waals surface area contributed by atoms with Gasteiger partial charge in [0.2, 0.25) is 5.88 Å². The lowest BCUT2D eigenvalue weighted by molar-refractivity contribution is -0.140. The Morgan fingerprint density at radius 1 is 1.36 bits per heavy atom. The van der Waals surface area contributed by atoms with E-state index in [1.54, 1.807) is 20.8 Å². The number of nitrogen functional groups attached to an aromatic ring is 1. The lowest BCUT2D eigenvalue weighted by atomic mass is 10.2. The summed E-state index contributed by atoms with van der Waals surface area (Å²) in [6.07, 6.45) is 0.550. The van der Waals surface area contributed by atoms with Gasteiger partial charge in [0, 0.05) is 14.7 Å². The second-order valence-corrected chi connectivity index (χ2v) is 14.2. The maximum Gasteiger partial charge on any atom is 0.408 e. The van der Waals surface area contributed by atoms with Crippen LogP contribution in [-0.4, -0.2) is 59.9 Å². The summed E-state index contributed by atoms with van der Waals surface area (Å²) in [6, 6.07) is -0.314. The summed E-state index contributed by atoms with van der Waals surface area (Å²) in [5.74, 6) is -1.08. The highest BCUT2D eigenvalue weighted by Crippen LogP contribution is 2.21. The number of hydrogen-bond acceptors (Lipinski definition) is 7. The van der Waals surface area contributed by atoms with Gasteiger partial charge < -0.3 is 30.4 Å². The minimum atomic E-state index is -1.31. The van der Waals surface area contributed by atoms with Gasteiger partial charge in [-0.05, 0) is 26.8 Å². The monoisotopic (exact) mass is 416 g/mol. The molecule has 10 nitrogen and oxygen atoms in total. The number of carboxylic acids is 1. The van der Waals surface area contributed by atoms with Crippen LogP contribution in [0.1, 0.15) is 20.8 Å². The molecule has 1 heterocycles. The molecule has 1 aromatic heterocycles. The fraction of sp³-hybridized carbons (Fsp3) is 0.706. The molecule has 1 unspecified atom stereocenters. The summed E-state index contributed by atoms with van der Waals surface area (Å²) in [7, 11) is -1.21. The van der Waals surface area contributed by atoms with E-state index in [9.17, 15) is 14.7 Å². The second-order valence-electron chi connectivity index (χ2n) is 8.60. The number of alkyl carbamates (subject to hydrolysis) is 1. The zero-order valence-corrected chi connectivity index (χ0v) is 18.4. The molecule has 1 rings (SSSR count). The lowest BCUT2D eigenvalue weighted by Gasteiger charge is -2.22. The molecular weight excluding hydrogens is 384 g/mol. The molecule has 1 aromatic rings. The number of ether oxygens (including phenoxy) is 3. The number of anilines is 1. The Labute approximate surface area is 166 Å². The Morgan fingerprint density at radius 3 is 2.54 bits per heavy atom. The van der Waals surface area contributed by atoms with Crippen molar-refractivity contribution in [1.82, 2.24) is 15.1 Å². The smallest absolute Gasteiger partial charge is 0.408 e. The Balaban J connectivity index is 2.64. The summed E-state index contributed by atoms with van der Waals surface area (Å²) >= 11 is 0. The van der Waals surface area contributed by atoms with Gasteiger partial charge in [0.15, 0.2) is 6.04 Å². The van der Waals surface area contributed by atoms with Gasteiger partial charge in [-0.15, -0.1) is 0 Å². The van der Waals surface area contributed by atoms with E-state index < -0.39 is 31.8 Å². The Bertz CT molecular complexity index is 666. The number of rotatable bonds is 10. The summed E-state index contributed by atoms with van der Waals surface area (Å²) in [4.78, 5) is 23.2. The van der Waals surface area contributed by atoms with Crippen molar-refractivity contribution in [2.75, 3.05) is 18.9 Å². The van der Waals surface area contributed by atoms with Gasteiger partial charge in [0.25, 0.3) is 0 Å². The van der Waals surface area contributed by atoms with E-state index in [-0.39, 0.29) is 24.9 Å². The van der Waals surface area contributed by atoms with E-state index in [2.05, 4.69) is 30.1 Å². The first kappa shape index (κ1) is 23.8. The molecule has 4 N–H and O–H groups in total. The number of carboxylic acid groups (broad SMARTS) is 1. The molecular formula is C17H32N4O6Si. The summed E-state index contributed by atoms with van der Waals surface area (Å²) < 4.78 is 17.6. The van der Waals surface area contributed by atoms with Crippen LogP contribution >= 0.6 is 0 Å². The van der Waals surface area contributed by atoms with Crippen LogP contribution in [-0.2, 0) is 21.0 Å². The van der Waals surface area contributed by atoms with Crippen LogP contribution in [0.4, 0.5) is 10.5 Å². The molecule has 160 valence electrons. The maximum atomic E-state index is 11.8. The quantitative estimate of drug-likeness (QED) is 0.389. The third-order valence-electron chi connectivity index (χ3n) is 3.40. The molecule has 0 aliphatic rings. The number of nitrogens with zero attached hydrogens (tertiary/aromatic N) is 2. The zero-order chi connectivity index (χ0) is 21.5. The van der Waals surface area contributed by atoms with Crippen LogP contribution in [0.15, 0.2) is 6.20 Å². The van der Waals surface area contributed by atoms with Gasteiger partial charge in [0.1, 0.15) is 24.6 Å². The number of carbonyl (C=O) groups excluding carboxylic acids is 1. The molecule has 0 radical (unpaired) electrons. The van der Waals surface area contributed by atoms with Gasteiger partial charge in [-0.2, -0.15) is 5.10 Å². The van der Waals surface area contributed by atoms with Crippen LogP contribution in [0.5, 0.6) is 5.88 Å². The molecule has 0 fully saturated rings. The maximum absolute atomic E-state index is 11.8. The fourth-order valence-corrected chi connectivity index (χ4v) is 2.71. The molecule has 0 saturated heterocycles. The van der Waals surface area contributed by atoms with Gasteiger partial charge >= 0.3 is 12.1 Å². The average molecular weight is 417 g/mol. The number of aliphatic carboxylic acids is 1. The molecule has 0 saturated carbocycles. The highest BCUT2D eigenvalue weighted by atomic mass is 28.3. The summed E-state index contributed by atoms with van der Waals surface area (Å²) in [6.45, 7) is 12.2. The highest BCUT2D eigenvalue weighted by molar-refractivity contribution is 6.76. The van der Waals surface area contributed by atoms with E-state index in [0.717, 1.165) is 6.04 Å². The van der Waals surface area contributed by atoms with Gasteiger partial charge in [-0.3, -0.25) is 0 Å². The van der Waals surface area contributed by atoms with E-state index in [4.69, 9.17) is 19.9 Å². The van der Waals surface area contributed by atoms with Crippen molar-refractivity contribution in [2.24, 2.45) is 0 Å². The van der Waals surface area contributed by atoms with Crippen LogP contribution in [0, 0.1) is 0 Å². The number of nitrogens with two attached hydrogens (primary N) is 1. The third kappa shape index (κ3) is 9.09. The number of hydrogen-bond donors (Lipinski definition) is 3. The highest BCUT2D eigenvalue weighted by Gasteiger charge is 2.25. The Kier molecular flexibility index (Phi) is 8.30.